The Morgan fingerprint density at radius 3 is 2.78 bits per heavy atom. The number of hydrogen-bond acceptors (Lipinski definition) is 4. The summed E-state index contributed by atoms with van der Waals surface area (Å²) in [5.41, 5.74) is 1.88. The number of thiophene rings is 1. The smallest absolute Gasteiger partial charge is 0.283 e. The Morgan fingerprint density at radius 1 is 1.30 bits per heavy atom. The molecule has 5 nitrogen and oxygen atoms in total. The number of nitriles is 1. The van der Waals surface area contributed by atoms with Crippen LogP contribution >= 0.6 is 11.3 Å². The average Bonchev–Trinajstić information content (AvgIpc) is 2.74. The lowest BCUT2D eigenvalue weighted by Gasteiger charge is -2.28. The Bertz CT molecular complexity index is 614. The zero-order chi connectivity index (χ0) is 16.2. The molecule has 1 aromatic heterocycles. The fourth-order valence-corrected chi connectivity index (χ4v) is 4.66. The number of fused-ring (bicyclic) bond motifs is 1. The maximum Gasteiger partial charge on any atom is 0.283 e. The van der Waals surface area contributed by atoms with E-state index in [1.807, 2.05) is 6.92 Å². The fraction of sp³-hybridized carbons (Fsp3) is 0.647. The third-order valence-electron chi connectivity index (χ3n) is 4.91. The number of aryl methyl sites for hydroxylation is 1. The quantitative estimate of drug-likeness (QED) is 0.815. The highest BCUT2D eigenvalue weighted by Crippen LogP contribution is 2.36. The third kappa shape index (κ3) is 3.57. The highest BCUT2D eigenvalue weighted by Gasteiger charge is 2.29. The number of morpholine rings is 1. The van der Waals surface area contributed by atoms with Crippen molar-refractivity contribution in [1.29, 1.82) is 5.26 Å². The van der Waals surface area contributed by atoms with Gasteiger partial charge in [0.2, 0.25) is 0 Å². The molecule has 1 fully saturated rings. The van der Waals surface area contributed by atoms with Gasteiger partial charge in [-0.15, -0.1) is 11.3 Å². The van der Waals surface area contributed by atoms with Crippen LogP contribution in [0.1, 0.15) is 42.2 Å². The molecule has 0 aromatic carbocycles. The molecule has 6 heteroatoms. The summed E-state index contributed by atoms with van der Waals surface area (Å²) in [6, 6.07) is 2.21. The van der Waals surface area contributed by atoms with Crippen molar-refractivity contribution in [2.24, 2.45) is 0 Å². The number of carbonyl (C=O) groups is 1. The second kappa shape index (κ2) is 7.43. The van der Waals surface area contributed by atoms with Gasteiger partial charge in [0.15, 0.2) is 6.04 Å². The van der Waals surface area contributed by atoms with E-state index < -0.39 is 0 Å². The molecule has 0 saturated carbocycles. The summed E-state index contributed by atoms with van der Waals surface area (Å²) in [6.07, 6.45) is 5.55. The molecule has 1 atom stereocenters. The molecule has 3 rings (SSSR count). The van der Waals surface area contributed by atoms with Gasteiger partial charge in [-0.3, -0.25) is 4.79 Å². The number of ether oxygens (including phenoxy) is 1. The van der Waals surface area contributed by atoms with E-state index >= 15 is 0 Å². The summed E-state index contributed by atoms with van der Waals surface area (Å²) >= 11 is 1.60. The molecule has 0 radical (unpaired) electrons. The van der Waals surface area contributed by atoms with Crippen LogP contribution in [0.4, 0.5) is 5.00 Å². The van der Waals surface area contributed by atoms with Crippen LogP contribution in [-0.4, -0.2) is 38.3 Å². The molecule has 1 saturated heterocycles. The van der Waals surface area contributed by atoms with Crippen molar-refractivity contribution in [2.45, 2.75) is 45.1 Å². The van der Waals surface area contributed by atoms with Gasteiger partial charge in [-0.2, -0.15) is 5.26 Å². The highest BCUT2D eigenvalue weighted by molar-refractivity contribution is 7.16. The van der Waals surface area contributed by atoms with Gasteiger partial charge in [0, 0.05) is 4.88 Å². The van der Waals surface area contributed by atoms with Crippen LogP contribution in [0.2, 0.25) is 0 Å². The molecule has 2 aliphatic rings. The maximum atomic E-state index is 12.6. The van der Waals surface area contributed by atoms with Gasteiger partial charge in [0.05, 0.1) is 18.8 Å². The Kier molecular flexibility index (Phi) is 5.31. The van der Waals surface area contributed by atoms with Gasteiger partial charge < -0.3 is 15.0 Å². The molecular formula is C17H24N3O2S+. The molecule has 2 N–H and O–H groups in total. The molecule has 1 aliphatic heterocycles. The van der Waals surface area contributed by atoms with Crippen LogP contribution in [-0.2, 0) is 22.4 Å². The van der Waals surface area contributed by atoms with Crippen LogP contribution in [0.15, 0.2) is 0 Å². The fourth-order valence-electron chi connectivity index (χ4n) is 3.42. The minimum absolute atomic E-state index is 0.00908. The lowest BCUT2D eigenvalue weighted by atomic mass is 10.1. The lowest BCUT2D eigenvalue weighted by molar-refractivity contribution is -0.921. The monoisotopic (exact) mass is 334 g/mol. The van der Waals surface area contributed by atoms with Crippen molar-refractivity contribution >= 4 is 22.2 Å². The number of amides is 1. The van der Waals surface area contributed by atoms with Crippen molar-refractivity contribution in [2.75, 3.05) is 31.6 Å². The van der Waals surface area contributed by atoms with Crippen molar-refractivity contribution in [3.63, 3.8) is 0 Å². The molecule has 1 amide bonds. The Balaban J connectivity index is 1.74. The first kappa shape index (κ1) is 16.4. The van der Waals surface area contributed by atoms with Gasteiger partial charge in [0.1, 0.15) is 24.2 Å². The van der Waals surface area contributed by atoms with E-state index in [0.29, 0.717) is 18.8 Å². The lowest BCUT2D eigenvalue weighted by Crippen LogP contribution is -3.18. The van der Waals surface area contributed by atoms with Crippen molar-refractivity contribution in [3.8, 4) is 6.07 Å². The van der Waals surface area contributed by atoms with Gasteiger partial charge in [0.25, 0.3) is 5.91 Å². The number of carbonyl (C=O) groups excluding carboxylic acids is 1. The normalized spacial score (nSPS) is 20.2. The van der Waals surface area contributed by atoms with Crippen LogP contribution in [0, 0.1) is 11.3 Å². The van der Waals surface area contributed by atoms with Crippen LogP contribution in [0.5, 0.6) is 0 Å². The second-order valence-corrected chi connectivity index (χ2v) is 7.47. The summed E-state index contributed by atoms with van der Waals surface area (Å²) in [7, 11) is 0. The SMILES string of the molecule is C[C@@H](C(=O)Nc1sc2c(c1C#N)CCCCC2)[NH+]1CCOCC1. The number of hydrogen-bond donors (Lipinski definition) is 2. The Hall–Kier alpha value is -1.42. The van der Waals surface area contributed by atoms with E-state index in [1.165, 1.54) is 28.2 Å². The van der Waals surface area contributed by atoms with Crippen LogP contribution in [0.3, 0.4) is 0 Å². The van der Waals surface area contributed by atoms with E-state index in [1.54, 1.807) is 11.3 Å². The largest absolute Gasteiger partial charge is 0.370 e. The molecule has 2 heterocycles. The van der Waals surface area contributed by atoms with Crippen molar-refractivity contribution in [3.05, 3.63) is 16.0 Å². The zero-order valence-corrected chi connectivity index (χ0v) is 14.4. The number of anilines is 1. The third-order valence-corrected chi connectivity index (χ3v) is 6.12. The molecule has 0 unspecified atom stereocenters. The van der Waals surface area contributed by atoms with E-state index in [9.17, 15) is 10.1 Å². The van der Waals surface area contributed by atoms with Gasteiger partial charge >= 0.3 is 0 Å². The standard InChI is InChI=1S/C17H23N3O2S/c1-12(20-7-9-22-10-8-20)16(21)19-17-14(11-18)13-5-3-2-4-6-15(13)23-17/h12H,2-10H2,1H3,(H,19,21)/p+1/t12-/m0/s1. The van der Waals surface area contributed by atoms with Gasteiger partial charge in [-0.25, -0.2) is 0 Å². The molecule has 23 heavy (non-hydrogen) atoms. The molecule has 124 valence electrons. The molecular weight excluding hydrogens is 310 g/mol. The zero-order valence-electron chi connectivity index (χ0n) is 13.6. The van der Waals surface area contributed by atoms with E-state index in [2.05, 4.69) is 11.4 Å². The molecule has 0 bridgehead atoms. The first-order chi connectivity index (χ1) is 11.2. The first-order valence-electron chi connectivity index (χ1n) is 8.48. The highest BCUT2D eigenvalue weighted by atomic mass is 32.1. The minimum Gasteiger partial charge on any atom is -0.370 e. The van der Waals surface area contributed by atoms with Crippen LogP contribution < -0.4 is 10.2 Å². The second-order valence-electron chi connectivity index (χ2n) is 6.36. The Labute approximate surface area is 141 Å². The molecule has 1 aliphatic carbocycles. The summed E-state index contributed by atoms with van der Waals surface area (Å²) < 4.78 is 5.36. The summed E-state index contributed by atoms with van der Waals surface area (Å²) in [4.78, 5) is 15.1. The van der Waals surface area contributed by atoms with E-state index in [0.717, 1.165) is 37.4 Å². The van der Waals surface area contributed by atoms with Gasteiger partial charge in [-0.1, -0.05) is 6.42 Å². The topological polar surface area (TPSA) is 66.6 Å². The maximum absolute atomic E-state index is 12.6. The van der Waals surface area contributed by atoms with Crippen LogP contribution in [0.25, 0.3) is 0 Å². The van der Waals surface area contributed by atoms with E-state index in [4.69, 9.17) is 4.74 Å². The molecule has 1 aromatic rings. The Morgan fingerprint density at radius 2 is 2.04 bits per heavy atom. The van der Waals surface area contributed by atoms with Gasteiger partial charge in [-0.05, 0) is 38.2 Å². The number of quaternary nitrogens is 1. The number of nitrogens with zero attached hydrogens (tertiary/aromatic N) is 1. The number of rotatable bonds is 3. The minimum atomic E-state index is -0.118. The van der Waals surface area contributed by atoms with Crippen molar-refractivity contribution in [1.82, 2.24) is 0 Å². The number of nitrogens with one attached hydrogen (secondary N) is 2. The summed E-state index contributed by atoms with van der Waals surface area (Å²) in [5.74, 6) is 0.00908. The average molecular weight is 334 g/mol. The molecule has 0 spiro atoms. The first-order valence-corrected chi connectivity index (χ1v) is 9.30. The summed E-state index contributed by atoms with van der Waals surface area (Å²) in [6.45, 7) is 5.11. The summed E-state index contributed by atoms with van der Waals surface area (Å²) in [5, 5.41) is 13.3. The predicted molar refractivity (Wildman–Crippen MR) is 89.9 cm³/mol. The predicted octanol–water partition coefficient (Wildman–Crippen LogP) is 1.13. The van der Waals surface area contributed by atoms with Crippen molar-refractivity contribution < 1.29 is 14.4 Å². The van der Waals surface area contributed by atoms with E-state index in [-0.39, 0.29) is 11.9 Å².